The topological polar surface area (TPSA) is 117 Å². The van der Waals surface area contributed by atoms with Crippen molar-refractivity contribution >= 4 is 13.8 Å². The molecule has 0 radical (unpaired) electrons. The molecule has 0 aliphatic heterocycles. The Morgan fingerprint density at radius 2 is 0.757 bits per heavy atom. The molecule has 0 aromatic carbocycles. The van der Waals surface area contributed by atoms with Gasteiger partial charge in [-0.1, -0.05) is 225 Å². The average Bonchev–Trinajstić information content (AvgIpc) is 3.35. The van der Waals surface area contributed by atoms with Crippen molar-refractivity contribution in [3.05, 3.63) is 134 Å². The van der Waals surface area contributed by atoms with E-state index in [1.54, 1.807) is 0 Å². The van der Waals surface area contributed by atoms with Gasteiger partial charge in [0.05, 0.1) is 19.8 Å². The van der Waals surface area contributed by atoms with Crippen LogP contribution in [0.4, 0.5) is 0 Å². The molecule has 0 bridgehead atoms. The van der Waals surface area contributed by atoms with Crippen molar-refractivity contribution in [3.63, 3.8) is 0 Å². The lowest BCUT2D eigenvalue weighted by molar-refractivity contribution is -0.154. The molecule has 2 unspecified atom stereocenters. The largest absolute Gasteiger partial charge is 0.472 e. The molecule has 0 fully saturated rings. The van der Waals surface area contributed by atoms with Gasteiger partial charge in [-0.2, -0.15) is 0 Å². The van der Waals surface area contributed by atoms with Gasteiger partial charge in [0.1, 0.15) is 6.10 Å². The van der Waals surface area contributed by atoms with E-state index in [0.717, 1.165) is 122 Å². The summed E-state index contributed by atoms with van der Waals surface area (Å²) in [6, 6.07) is 0. The number of hydrogen-bond donors (Lipinski definition) is 2. The minimum Gasteiger partial charge on any atom is -0.457 e. The molecule has 0 aromatic rings. The molecule has 0 spiro atoms. The van der Waals surface area contributed by atoms with E-state index in [-0.39, 0.29) is 32.3 Å². The lowest BCUT2D eigenvalue weighted by Gasteiger charge is -2.20. The first-order valence-corrected chi connectivity index (χ1v) is 29.2. The number of phosphoric acid groups is 1. The van der Waals surface area contributed by atoms with Gasteiger partial charge in [0.15, 0.2) is 0 Å². The number of carbonyl (C=O) groups excluding carboxylic acids is 1. The van der Waals surface area contributed by atoms with Gasteiger partial charge in [0.2, 0.25) is 0 Å². The highest BCUT2D eigenvalue weighted by Gasteiger charge is 2.25. The van der Waals surface area contributed by atoms with E-state index < -0.39 is 13.9 Å². The lowest BCUT2D eigenvalue weighted by Crippen LogP contribution is -2.28. The number of allylic oxidation sites excluding steroid dienone is 22. The third-order valence-electron chi connectivity index (χ3n) is 11.1. The zero-order chi connectivity index (χ0) is 50.8. The quantitative estimate of drug-likeness (QED) is 0.0268. The first-order chi connectivity index (χ1) is 34.4. The molecule has 398 valence electrons. The molecular weight excluding hydrogens is 890 g/mol. The van der Waals surface area contributed by atoms with Gasteiger partial charge in [0.25, 0.3) is 0 Å². The van der Waals surface area contributed by atoms with Crippen molar-refractivity contribution < 1.29 is 32.8 Å². The molecule has 2 atom stereocenters. The van der Waals surface area contributed by atoms with E-state index in [9.17, 15) is 14.3 Å². The summed E-state index contributed by atoms with van der Waals surface area (Å²) in [5.74, 6) is -0.346. The second-order valence-corrected chi connectivity index (χ2v) is 19.1. The summed E-state index contributed by atoms with van der Waals surface area (Å²) < 4.78 is 33.7. The van der Waals surface area contributed by atoms with Gasteiger partial charge >= 0.3 is 13.8 Å². The molecule has 0 aromatic heterocycles. The third-order valence-corrected chi connectivity index (χ3v) is 12.0. The van der Waals surface area contributed by atoms with Gasteiger partial charge in [-0.05, 0) is 109 Å². The maximum Gasteiger partial charge on any atom is 0.472 e. The van der Waals surface area contributed by atoms with Gasteiger partial charge in [-0.3, -0.25) is 13.8 Å². The first kappa shape index (κ1) is 66.6. The van der Waals surface area contributed by atoms with Crippen LogP contribution in [-0.4, -0.2) is 49.9 Å². The summed E-state index contributed by atoms with van der Waals surface area (Å²) in [5, 5.41) is 0. The normalized spacial score (nSPS) is 14.3. The van der Waals surface area contributed by atoms with Crippen molar-refractivity contribution in [2.45, 2.75) is 213 Å². The molecule has 0 amide bonds. The number of unbranched alkanes of at least 4 members (excludes halogenated alkanes) is 16. The molecule has 70 heavy (non-hydrogen) atoms. The van der Waals surface area contributed by atoms with Crippen molar-refractivity contribution in [2.75, 3.05) is 33.0 Å². The number of esters is 1. The van der Waals surface area contributed by atoms with E-state index in [1.807, 2.05) is 0 Å². The van der Waals surface area contributed by atoms with Crippen molar-refractivity contribution in [2.24, 2.45) is 5.73 Å². The van der Waals surface area contributed by atoms with E-state index in [4.69, 9.17) is 24.3 Å². The maximum absolute atomic E-state index is 12.7. The van der Waals surface area contributed by atoms with Crippen LogP contribution in [0.2, 0.25) is 0 Å². The highest BCUT2D eigenvalue weighted by atomic mass is 31.2. The van der Waals surface area contributed by atoms with E-state index >= 15 is 0 Å². The molecule has 9 heteroatoms. The fourth-order valence-electron chi connectivity index (χ4n) is 7.09. The molecular formula is C61H102NO7P. The van der Waals surface area contributed by atoms with Gasteiger partial charge in [-0.25, -0.2) is 4.57 Å². The summed E-state index contributed by atoms with van der Waals surface area (Å²) in [5.41, 5.74) is 5.40. The lowest BCUT2D eigenvalue weighted by atomic mass is 10.1. The SMILES string of the molecule is CC/C=C\C/C=C\C/C=C\C/C=C\C/C=C\C/C=C\CCCCCCCCCOCC(COP(=O)(O)OCCN)OC(=O)CCCCCCCCCCC/C=C\C/C=C\C/C=C\C/C=C\C/C=C\CC. The Bertz CT molecular complexity index is 1530. The molecule has 0 aliphatic rings. The fourth-order valence-corrected chi connectivity index (χ4v) is 7.85. The molecule has 0 heterocycles. The molecule has 0 aliphatic carbocycles. The Kier molecular flexibility index (Phi) is 53.8. The van der Waals surface area contributed by atoms with E-state index in [1.165, 1.54) is 64.2 Å². The molecule has 0 rings (SSSR count). The number of rotatable bonds is 51. The zero-order valence-electron chi connectivity index (χ0n) is 44.4. The Labute approximate surface area is 429 Å². The Balaban J connectivity index is 4.01. The minimum atomic E-state index is -4.30. The van der Waals surface area contributed by atoms with Crippen LogP contribution >= 0.6 is 7.82 Å². The molecule has 0 saturated carbocycles. The predicted molar refractivity (Wildman–Crippen MR) is 302 cm³/mol. The van der Waals surface area contributed by atoms with Crippen LogP contribution in [0.5, 0.6) is 0 Å². The van der Waals surface area contributed by atoms with Crippen LogP contribution in [0.3, 0.4) is 0 Å². The summed E-state index contributed by atoms with van der Waals surface area (Å²) in [6.45, 7) is 4.64. The summed E-state index contributed by atoms with van der Waals surface area (Å²) >= 11 is 0. The van der Waals surface area contributed by atoms with Crippen LogP contribution in [0, 0.1) is 0 Å². The predicted octanol–water partition coefficient (Wildman–Crippen LogP) is 17.9. The number of hydrogen-bond acceptors (Lipinski definition) is 7. The third kappa shape index (κ3) is 55.6. The Hall–Kier alpha value is -3.36. The van der Waals surface area contributed by atoms with Crippen LogP contribution in [0.25, 0.3) is 0 Å². The number of nitrogens with two attached hydrogens (primary N) is 1. The second-order valence-electron chi connectivity index (χ2n) is 17.7. The van der Waals surface area contributed by atoms with Crippen molar-refractivity contribution in [1.82, 2.24) is 0 Å². The molecule has 3 N–H and O–H groups in total. The number of ether oxygens (including phenoxy) is 2. The van der Waals surface area contributed by atoms with Crippen molar-refractivity contribution in [3.8, 4) is 0 Å². The Morgan fingerprint density at radius 3 is 1.13 bits per heavy atom. The second kappa shape index (κ2) is 56.6. The summed E-state index contributed by atoms with van der Waals surface area (Å²) in [6.07, 6.45) is 80.6. The maximum atomic E-state index is 12.7. The van der Waals surface area contributed by atoms with Gasteiger partial charge in [-0.15, -0.1) is 0 Å². The highest BCUT2D eigenvalue weighted by molar-refractivity contribution is 7.47. The monoisotopic (exact) mass is 992 g/mol. The fraction of sp³-hybridized carbons (Fsp3) is 0.623. The summed E-state index contributed by atoms with van der Waals surface area (Å²) in [4.78, 5) is 22.7. The minimum absolute atomic E-state index is 0.0895. The molecule has 8 nitrogen and oxygen atoms in total. The van der Waals surface area contributed by atoms with Crippen LogP contribution < -0.4 is 5.73 Å². The van der Waals surface area contributed by atoms with Crippen LogP contribution in [0.15, 0.2) is 134 Å². The first-order valence-electron chi connectivity index (χ1n) is 27.7. The number of phosphoric ester groups is 1. The highest BCUT2D eigenvalue weighted by Crippen LogP contribution is 2.43. The average molecular weight is 992 g/mol. The van der Waals surface area contributed by atoms with Crippen molar-refractivity contribution in [1.29, 1.82) is 0 Å². The zero-order valence-corrected chi connectivity index (χ0v) is 45.3. The molecule has 0 saturated heterocycles. The van der Waals surface area contributed by atoms with Gasteiger partial charge in [0, 0.05) is 19.6 Å². The Morgan fingerprint density at radius 1 is 0.429 bits per heavy atom. The summed E-state index contributed by atoms with van der Waals surface area (Å²) in [7, 11) is -4.30. The van der Waals surface area contributed by atoms with Gasteiger partial charge < -0.3 is 20.1 Å². The van der Waals surface area contributed by atoms with Crippen LogP contribution in [-0.2, 0) is 27.9 Å². The van der Waals surface area contributed by atoms with E-state index in [2.05, 4.69) is 148 Å². The standard InChI is InChI=1S/C61H102NO7P/c1-3-5-7-9-11-13-15-17-19-21-23-25-27-29-31-33-35-37-39-41-43-45-47-49-51-53-56-66-58-60(59-68-70(64,65)67-57-55-62)69-61(63)54-52-50-48-46-44-42-40-38-36-34-32-30-28-26-24-22-20-18-16-14-12-10-8-6-4-2/h5-8,11-14,17-20,23-26,29-32,35,37,60H,3-4,9-10,15-16,21-22,27-28,33-34,36,38-59,62H2,1-2H3,(H,64,65)/b7-5-,8-6-,13-11-,14-12-,19-17-,20-18-,25-23-,26-24-,31-29-,32-30-,37-35-. The van der Waals surface area contributed by atoms with E-state index in [0.29, 0.717) is 13.0 Å². The smallest absolute Gasteiger partial charge is 0.457 e. The van der Waals surface area contributed by atoms with Crippen LogP contribution in [0.1, 0.15) is 206 Å². The number of carbonyl (C=O) groups is 1.